The van der Waals surface area contributed by atoms with Crippen molar-refractivity contribution < 1.29 is 9.59 Å². The van der Waals surface area contributed by atoms with E-state index < -0.39 is 0 Å². The molecule has 1 heterocycles. The third kappa shape index (κ3) is 3.48. The van der Waals surface area contributed by atoms with E-state index in [0.717, 1.165) is 25.8 Å². The number of nitrogens with one attached hydrogen (secondary N) is 1. The first-order valence-corrected chi connectivity index (χ1v) is 5.95. The largest absolute Gasteiger partial charge is 0.347 e. The smallest absolute Gasteiger partial charge is 0.242 e. The maximum absolute atomic E-state index is 11.8. The number of hydrogen-bond donors (Lipinski definition) is 2. The number of rotatable bonds is 5. The van der Waals surface area contributed by atoms with E-state index in [2.05, 4.69) is 5.32 Å². The van der Waals surface area contributed by atoms with Gasteiger partial charge in [-0.2, -0.15) is 0 Å². The van der Waals surface area contributed by atoms with Gasteiger partial charge in [0.1, 0.15) is 0 Å². The van der Waals surface area contributed by atoms with Crippen molar-refractivity contribution in [2.75, 3.05) is 19.6 Å². The fourth-order valence-corrected chi connectivity index (χ4v) is 2.00. The van der Waals surface area contributed by atoms with Gasteiger partial charge >= 0.3 is 0 Å². The Balaban J connectivity index is 2.31. The molecule has 92 valence electrons. The van der Waals surface area contributed by atoms with Crippen LogP contribution in [0.4, 0.5) is 0 Å². The Morgan fingerprint density at radius 3 is 2.88 bits per heavy atom. The van der Waals surface area contributed by atoms with Crippen LogP contribution in [-0.2, 0) is 9.59 Å². The summed E-state index contributed by atoms with van der Waals surface area (Å²) in [5.41, 5.74) is 5.58. The minimum atomic E-state index is -0.0562. The molecule has 0 aromatic heterocycles. The Bertz CT molecular complexity index is 256. The molecular weight excluding hydrogens is 206 g/mol. The quantitative estimate of drug-likeness (QED) is 0.686. The van der Waals surface area contributed by atoms with Crippen molar-refractivity contribution in [3.63, 3.8) is 0 Å². The summed E-state index contributed by atoms with van der Waals surface area (Å²) < 4.78 is 0. The lowest BCUT2D eigenvalue weighted by Crippen LogP contribution is -2.45. The van der Waals surface area contributed by atoms with Gasteiger partial charge in [-0.25, -0.2) is 0 Å². The fraction of sp³-hybridized carbons (Fsp3) is 0.818. The summed E-state index contributed by atoms with van der Waals surface area (Å²) in [5, 5.41) is 2.63. The van der Waals surface area contributed by atoms with Gasteiger partial charge in [0.2, 0.25) is 11.8 Å². The Kier molecular flexibility index (Phi) is 5.25. The molecule has 1 rings (SSSR count). The first-order chi connectivity index (χ1) is 7.69. The van der Waals surface area contributed by atoms with Crippen molar-refractivity contribution in [3.8, 4) is 0 Å². The lowest BCUT2D eigenvalue weighted by Gasteiger charge is -2.23. The van der Waals surface area contributed by atoms with Gasteiger partial charge in [-0.15, -0.1) is 0 Å². The van der Waals surface area contributed by atoms with Crippen molar-refractivity contribution in [1.29, 1.82) is 0 Å². The van der Waals surface area contributed by atoms with Crippen LogP contribution in [0, 0.1) is 0 Å². The summed E-state index contributed by atoms with van der Waals surface area (Å²) in [6, 6.07) is 0.163. The van der Waals surface area contributed by atoms with E-state index in [1.165, 1.54) is 0 Å². The van der Waals surface area contributed by atoms with E-state index in [0.29, 0.717) is 13.0 Å². The predicted molar refractivity (Wildman–Crippen MR) is 61.7 cm³/mol. The van der Waals surface area contributed by atoms with Crippen LogP contribution in [-0.4, -0.2) is 42.4 Å². The zero-order chi connectivity index (χ0) is 12.0. The normalized spacial score (nSPS) is 19.9. The van der Waals surface area contributed by atoms with Crippen LogP contribution < -0.4 is 11.1 Å². The van der Waals surface area contributed by atoms with Crippen molar-refractivity contribution in [2.24, 2.45) is 5.73 Å². The first kappa shape index (κ1) is 13.0. The summed E-state index contributed by atoms with van der Waals surface area (Å²) in [4.78, 5) is 24.8. The van der Waals surface area contributed by atoms with E-state index in [9.17, 15) is 9.59 Å². The van der Waals surface area contributed by atoms with Crippen molar-refractivity contribution in [3.05, 3.63) is 0 Å². The van der Waals surface area contributed by atoms with Gasteiger partial charge in [-0.1, -0.05) is 6.92 Å². The molecule has 1 fully saturated rings. The zero-order valence-electron chi connectivity index (χ0n) is 9.87. The van der Waals surface area contributed by atoms with Crippen LogP contribution in [0.15, 0.2) is 0 Å². The minimum absolute atomic E-state index is 0.0163. The number of carbonyl (C=O) groups is 2. The van der Waals surface area contributed by atoms with Gasteiger partial charge in [0.15, 0.2) is 0 Å². The van der Waals surface area contributed by atoms with Crippen LogP contribution in [0.25, 0.3) is 0 Å². The highest BCUT2D eigenvalue weighted by Crippen LogP contribution is 2.15. The highest BCUT2D eigenvalue weighted by molar-refractivity contribution is 5.85. The standard InChI is InChI=1S/C11H21N3O2/c1-2-4-10(15)13-8-11(16)14-6-3-5-9(14)7-12/h9H,2-8,12H2,1H3,(H,13,15). The van der Waals surface area contributed by atoms with Gasteiger partial charge in [0.05, 0.1) is 6.54 Å². The van der Waals surface area contributed by atoms with Crippen LogP contribution in [0.1, 0.15) is 32.6 Å². The molecule has 1 aliphatic rings. The highest BCUT2D eigenvalue weighted by atomic mass is 16.2. The average Bonchev–Trinajstić information content (AvgIpc) is 2.74. The monoisotopic (exact) mass is 227 g/mol. The molecule has 1 atom stereocenters. The SMILES string of the molecule is CCCC(=O)NCC(=O)N1CCCC1CN. The number of hydrogen-bond acceptors (Lipinski definition) is 3. The van der Waals surface area contributed by atoms with E-state index in [1.807, 2.05) is 6.92 Å². The molecule has 0 radical (unpaired) electrons. The summed E-state index contributed by atoms with van der Waals surface area (Å²) >= 11 is 0. The lowest BCUT2D eigenvalue weighted by atomic mass is 10.2. The van der Waals surface area contributed by atoms with E-state index >= 15 is 0 Å². The van der Waals surface area contributed by atoms with Crippen molar-refractivity contribution >= 4 is 11.8 Å². The topological polar surface area (TPSA) is 75.4 Å². The molecule has 0 aliphatic carbocycles. The molecule has 0 bridgehead atoms. The number of likely N-dealkylation sites (tertiary alicyclic amines) is 1. The van der Waals surface area contributed by atoms with Gasteiger partial charge in [0.25, 0.3) is 0 Å². The summed E-state index contributed by atoms with van der Waals surface area (Å²) in [6.07, 6.45) is 3.27. The first-order valence-electron chi connectivity index (χ1n) is 5.95. The van der Waals surface area contributed by atoms with Gasteiger partial charge in [-0.05, 0) is 19.3 Å². The molecule has 1 aliphatic heterocycles. The molecule has 3 N–H and O–H groups in total. The number of nitrogens with two attached hydrogens (primary N) is 1. The number of carbonyl (C=O) groups excluding carboxylic acids is 2. The minimum Gasteiger partial charge on any atom is -0.347 e. The summed E-state index contributed by atoms with van der Waals surface area (Å²) in [5.74, 6) is -0.0725. The second-order valence-electron chi connectivity index (χ2n) is 4.15. The average molecular weight is 227 g/mol. The van der Waals surface area contributed by atoms with E-state index in [4.69, 9.17) is 5.73 Å². The van der Waals surface area contributed by atoms with Crippen LogP contribution in [0.3, 0.4) is 0 Å². The predicted octanol–water partition coefficient (Wildman–Crippen LogP) is -0.148. The van der Waals surface area contributed by atoms with Gasteiger partial charge in [0, 0.05) is 25.6 Å². The second-order valence-corrected chi connectivity index (χ2v) is 4.15. The molecule has 0 saturated carbocycles. The summed E-state index contributed by atoms with van der Waals surface area (Å²) in [7, 11) is 0. The van der Waals surface area contributed by atoms with Crippen LogP contribution in [0.5, 0.6) is 0 Å². The Morgan fingerprint density at radius 2 is 2.25 bits per heavy atom. The van der Waals surface area contributed by atoms with Crippen LogP contribution >= 0.6 is 0 Å². The van der Waals surface area contributed by atoms with Gasteiger partial charge < -0.3 is 16.0 Å². The molecule has 1 unspecified atom stereocenters. The van der Waals surface area contributed by atoms with Crippen LogP contribution in [0.2, 0.25) is 0 Å². The van der Waals surface area contributed by atoms with Gasteiger partial charge in [-0.3, -0.25) is 9.59 Å². The Hall–Kier alpha value is -1.10. The fourth-order valence-electron chi connectivity index (χ4n) is 2.00. The molecule has 0 aromatic rings. The molecule has 2 amide bonds. The highest BCUT2D eigenvalue weighted by Gasteiger charge is 2.27. The molecule has 5 heteroatoms. The van der Waals surface area contributed by atoms with Crippen molar-refractivity contribution in [1.82, 2.24) is 10.2 Å². The second kappa shape index (κ2) is 6.48. The van der Waals surface area contributed by atoms with E-state index in [1.54, 1.807) is 4.90 Å². The molecule has 5 nitrogen and oxygen atoms in total. The molecule has 0 aromatic carbocycles. The maximum Gasteiger partial charge on any atom is 0.242 e. The third-order valence-corrected chi connectivity index (χ3v) is 2.88. The maximum atomic E-state index is 11.8. The molecule has 16 heavy (non-hydrogen) atoms. The van der Waals surface area contributed by atoms with Crippen molar-refractivity contribution in [2.45, 2.75) is 38.6 Å². The Morgan fingerprint density at radius 1 is 1.50 bits per heavy atom. The molecular formula is C11H21N3O2. The zero-order valence-corrected chi connectivity index (χ0v) is 9.87. The Labute approximate surface area is 96.4 Å². The third-order valence-electron chi connectivity index (χ3n) is 2.88. The molecule has 1 saturated heterocycles. The number of nitrogens with zero attached hydrogens (tertiary/aromatic N) is 1. The van der Waals surface area contributed by atoms with E-state index in [-0.39, 0.29) is 24.4 Å². The summed E-state index contributed by atoms with van der Waals surface area (Å²) in [6.45, 7) is 3.32. The number of amides is 2. The lowest BCUT2D eigenvalue weighted by molar-refractivity contribution is -0.133. The molecule has 0 spiro atoms.